The van der Waals surface area contributed by atoms with E-state index < -0.39 is 158 Å². The molecule has 0 bridgehead atoms. The van der Waals surface area contributed by atoms with E-state index in [2.05, 4.69) is 36.9 Å². The molecule has 2 aromatic rings. The number of halogens is 2. The van der Waals surface area contributed by atoms with Crippen LogP contribution < -0.4 is 43.4 Å². The van der Waals surface area contributed by atoms with E-state index in [1.165, 1.54) is 6.92 Å². The van der Waals surface area contributed by atoms with Gasteiger partial charge in [-0.3, -0.25) is 38.4 Å². The number of thioether (sulfide) groups is 1. The number of aliphatic hydroxyl groups excluding tert-OH is 2. The third-order valence-corrected chi connectivity index (χ3v) is 11.9. The number of aliphatic hydroxyl groups is 2. The number of aliphatic carboxylic acids is 1. The summed E-state index contributed by atoms with van der Waals surface area (Å²) in [5.41, 5.74) is 12.1. The van der Waals surface area contributed by atoms with Crippen molar-refractivity contribution in [2.75, 3.05) is 26.2 Å². The van der Waals surface area contributed by atoms with Gasteiger partial charge in [-0.05, 0) is 17.5 Å². The lowest BCUT2D eigenvalue weighted by atomic mass is 9.95. The fourth-order valence-electron chi connectivity index (χ4n) is 6.88. The second-order valence-electron chi connectivity index (χ2n) is 15.4. The summed E-state index contributed by atoms with van der Waals surface area (Å²) >= 11 is 0.590. The van der Waals surface area contributed by atoms with Crippen molar-refractivity contribution in [2.24, 2.45) is 23.3 Å². The molecule has 0 aliphatic carbocycles. The standard InChI is InChI=1S/C38H52F2N10O12S/c1-4-16(2)29-32(58)44-13-27(55)49-35(33(59)46-22(10-25(41)53)36(60)50-15-38(39,40)11-23(50)37(61)62)63-34-19(18-7-5-6-8-20(18)47-34)9-21(30(56)43-12-26(54)48-29)45-31(57)28(42)17(3)24(52)14-51/h5-8,16-17,21-24,28-29,35,47,51-52H,4,9-15,42H2,1-3H3,(H2,41,53)(H,43,56)(H,44,58)(H,45,57)(H,46,59)(H,48,54)(H,49,55)(H,61,62)/t16-,17-,21-,22-,23-,24-,28-,29-,35-/m0/s1. The van der Waals surface area contributed by atoms with Crippen molar-refractivity contribution in [3.63, 3.8) is 0 Å². The lowest BCUT2D eigenvalue weighted by molar-refractivity contribution is -0.149. The third kappa shape index (κ3) is 12.8. The Kier molecular flexibility index (Phi) is 16.9. The highest BCUT2D eigenvalue weighted by Gasteiger charge is 2.51. The molecule has 8 amide bonds. The molecule has 63 heavy (non-hydrogen) atoms. The van der Waals surface area contributed by atoms with Crippen LogP contribution in [0.25, 0.3) is 10.9 Å². The maximum atomic E-state index is 14.4. The van der Waals surface area contributed by atoms with Gasteiger partial charge in [0, 0.05) is 29.7 Å². The number of fused-ring (bicyclic) bond motifs is 3. The monoisotopic (exact) mass is 910 g/mol. The van der Waals surface area contributed by atoms with Crippen LogP contribution in [0.2, 0.25) is 0 Å². The zero-order valence-corrected chi connectivity index (χ0v) is 35.3. The highest BCUT2D eigenvalue weighted by atomic mass is 32.2. The van der Waals surface area contributed by atoms with Crippen LogP contribution in [0, 0.1) is 11.8 Å². The average molecular weight is 911 g/mol. The van der Waals surface area contributed by atoms with E-state index in [-0.39, 0.29) is 10.6 Å². The van der Waals surface area contributed by atoms with E-state index in [0.29, 0.717) is 34.0 Å². The summed E-state index contributed by atoms with van der Waals surface area (Å²) < 4.78 is 28.8. The normalized spacial score (nSPS) is 23.6. The van der Waals surface area contributed by atoms with E-state index in [9.17, 15) is 67.3 Å². The SMILES string of the molecule is CC[C@H](C)[C@@H]1NC(=O)CNC(=O)[C@@H](NC(=O)[C@@H](N)[C@@H](C)[C@@H](O)CO)Cc2c([nH]c3ccccc23)S[C@@H](C(=O)N[C@@H](CC(N)=O)C(=O)N2CC(F)(F)C[C@H]2C(=O)O)NC(=O)CNC1=O. The summed E-state index contributed by atoms with van der Waals surface area (Å²) in [6.45, 7) is 1.22. The Morgan fingerprint density at radius 2 is 1.65 bits per heavy atom. The number of carboxylic acids is 1. The van der Waals surface area contributed by atoms with Gasteiger partial charge >= 0.3 is 5.97 Å². The highest BCUT2D eigenvalue weighted by Crippen LogP contribution is 2.35. The number of carbonyl (C=O) groups is 9. The number of alkyl halides is 2. The van der Waals surface area contributed by atoms with E-state index in [1.54, 1.807) is 38.1 Å². The number of H-pyrrole nitrogens is 1. The highest BCUT2D eigenvalue weighted by molar-refractivity contribution is 8.00. The number of rotatable bonds is 13. The molecule has 0 spiro atoms. The van der Waals surface area contributed by atoms with E-state index in [0.717, 1.165) is 0 Å². The number of likely N-dealkylation sites (tertiary alicyclic amines) is 1. The molecular formula is C38H52F2N10O12S. The first-order valence-corrected chi connectivity index (χ1v) is 20.7. The van der Waals surface area contributed by atoms with Gasteiger partial charge in [-0.15, -0.1) is 0 Å². The molecule has 1 fully saturated rings. The number of nitrogens with two attached hydrogens (primary N) is 2. The first-order valence-electron chi connectivity index (χ1n) is 19.8. The maximum absolute atomic E-state index is 14.4. The summed E-state index contributed by atoms with van der Waals surface area (Å²) in [6.07, 6.45) is -3.66. The van der Waals surface area contributed by atoms with E-state index >= 15 is 0 Å². The Morgan fingerprint density at radius 3 is 2.27 bits per heavy atom. The fourth-order valence-corrected chi connectivity index (χ4v) is 7.99. The van der Waals surface area contributed by atoms with Crippen LogP contribution in [0.5, 0.6) is 0 Å². The van der Waals surface area contributed by atoms with Gasteiger partial charge in [-0.1, -0.05) is 57.2 Å². The second-order valence-corrected chi connectivity index (χ2v) is 16.5. The summed E-state index contributed by atoms with van der Waals surface area (Å²) in [5, 5.41) is 42.4. The van der Waals surface area contributed by atoms with Crippen molar-refractivity contribution < 1.29 is 67.3 Å². The predicted octanol–water partition coefficient (Wildman–Crippen LogP) is -3.50. The van der Waals surface area contributed by atoms with Crippen LogP contribution in [-0.4, -0.2) is 152 Å². The lowest BCUT2D eigenvalue weighted by Gasteiger charge is -2.28. The molecule has 0 radical (unpaired) electrons. The quantitative estimate of drug-likeness (QED) is 0.0929. The molecule has 3 heterocycles. The van der Waals surface area contributed by atoms with Crippen LogP contribution >= 0.6 is 11.8 Å². The summed E-state index contributed by atoms with van der Waals surface area (Å²) in [4.78, 5) is 123. The number of hydrogen-bond acceptors (Lipinski definition) is 13. The van der Waals surface area contributed by atoms with Crippen LogP contribution in [0.15, 0.2) is 29.3 Å². The largest absolute Gasteiger partial charge is 0.480 e. The van der Waals surface area contributed by atoms with Gasteiger partial charge in [0.15, 0.2) is 5.37 Å². The molecule has 0 unspecified atom stereocenters. The van der Waals surface area contributed by atoms with E-state index in [4.69, 9.17) is 11.5 Å². The van der Waals surface area contributed by atoms with Crippen molar-refractivity contribution >= 4 is 75.9 Å². The van der Waals surface area contributed by atoms with Crippen LogP contribution in [0.1, 0.15) is 45.6 Å². The first-order chi connectivity index (χ1) is 29.6. The number of hydrogen-bond donors (Lipinski definition) is 12. The number of aromatic amines is 1. The number of primary amides is 1. The number of amides is 8. The molecule has 1 saturated heterocycles. The topological polar surface area (TPSA) is 358 Å². The Bertz CT molecular complexity index is 2090. The molecule has 4 rings (SSSR count). The molecule has 22 nitrogen and oxygen atoms in total. The van der Waals surface area contributed by atoms with Gasteiger partial charge in [-0.2, -0.15) is 0 Å². The zero-order chi connectivity index (χ0) is 46.9. The Morgan fingerprint density at radius 1 is 1.02 bits per heavy atom. The fraction of sp³-hybridized carbons (Fsp3) is 0.553. The van der Waals surface area contributed by atoms with Crippen molar-refractivity contribution in [2.45, 2.75) is 99.1 Å². The minimum atomic E-state index is -3.63. The van der Waals surface area contributed by atoms with Crippen LogP contribution in [-0.2, 0) is 49.6 Å². The number of benzene rings is 1. The van der Waals surface area contributed by atoms with Crippen molar-refractivity contribution in [1.29, 1.82) is 0 Å². The molecule has 346 valence electrons. The molecule has 1 aromatic carbocycles. The number of aromatic nitrogens is 1. The van der Waals surface area contributed by atoms with Gasteiger partial charge in [-0.25, -0.2) is 13.6 Å². The first kappa shape index (κ1) is 49.7. The molecule has 25 heteroatoms. The van der Waals surface area contributed by atoms with Gasteiger partial charge < -0.3 is 68.6 Å². The number of carboxylic acid groups (broad SMARTS) is 1. The van der Waals surface area contributed by atoms with Gasteiger partial charge in [0.1, 0.15) is 24.2 Å². The molecular weight excluding hydrogens is 859 g/mol. The van der Waals surface area contributed by atoms with E-state index in [1.807, 2.05) is 0 Å². The maximum Gasteiger partial charge on any atom is 0.326 e. The van der Waals surface area contributed by atoms with Gasteiger partial charge in [0.2, 0.25) is 41.4 Å². The van der Waals surface area contributed by atoms with Gasteiger partial charge in [0.25, 0.3) is 11.8 Å². The lowest BCUT2D eigenvalue weighted by Crippen LogP contribution is -2.57. The molecule has 2 aliphatic rings. The van der Waals surface area contributed by atoms with Crippen molar-refractivity contribution in [3.8, 4) is 0 Å². The third-order valence-electron chi connectivity index (χ3n) is 10.8. The predicted molar refractivity (Wildman–Crippen MR) is 218 cm³/mol. The Labute approximate surface area is 362 Å². The molecule has 0 saturated carbocycles. The zero-order valence-electron chi connectivity index (χ0n) is 34.4. The summed E-state index contributed by atoms with van der Waals surface area (Å²) in [7, 11) is 0. The van der Waals surface area contributed by atoms with Crippen LogP contribution in [0.3, 0.4) is 0 Å². The summed E-state index contributed by atoms with van der Waals surface area (Å²) in [5.74, 6) is -15.2. The Balaban J connectivity index is 1.81. The van der Waals surface area contributed by atoms with Crippen molar-refractivity contribution in [3.05, 3.63) is 29.8 Å². The minimum Gasteiger partial charge on any atom is -0.480 e. The molecule has 14 N–H and O–H groups in total. The molecule has 1 aromatic heterocycles. The smallest absolute Gasteiger partial charge is 0.326 e. The Hall–Kier alpha value is -5.92. The number of carbonyl (C=O) groups excluding carboxylic acids is 8. The molecule has 2 aliphatic heterocycles. The number of para-hydroxylation sites is 1. The summed E-state index contributed by atoms with van der Waals surface area (Å²) in [6, 6.07) is -1.76. The number of nitrogens with zero attached hydrogens (tertiary/aromatic N) is 1. The number of nitrogens with one attached hydrogen (secondary N) is 7. The minimum absolute atomic E-state index is 0.0721. The van der Waals surface area contributed by atoms with Crippen LogP contribution in [0.4, 0.5) is 8.78 Å². The van der Waals surface area contributed by atoms with Gasteiger partial charge in [0.05, 0.1) is 49.8 Å². The van der Waals surface area contributed by atoms with Crippen molar-refractivity contribution in [1.82, 2.24) is 41.8 Å². The average Bonchev–Trinajstić information content (AvgIpc) is 3.76. The molecule has 9 atom stereocenters. The second kappa shape index (κ2) is 21.4.